The molecule has 1 saturated carbocycles. The van der Waals surface area contributed by atoms with Gasteiger partial charge in [-0.15, -0.1) is 11.3 Å². The Labute approximate surface area is 108 Å². The highest BCUT2D eigenvalue weighted by atomic mass is 32.1. The molecule has 7 heteroatoms. The average molecular weight is 269 g/mol. The third-order valence-corrected chi connectivity index (χ3v) is 3.89. The predicted molar refractivity (Wildman–Crippen MR) is 66.7 cm³/mol. The predicted octanol–water partition coefficient (Wildman–Crippen LogP) is 1.58. The molecule has 0 bridgehead atoms. The molecule has 3 N–H and O–H groups in total. The summed E-state index contributed by atoms with van der Waals surface area (Å²) in [6, 6.07) is -0.232. The van der Waals surface area contributed by atoms with Crippen molar-refractivity contribution in [2.24, 2.45) is 0 Å². The zero-order valence-electron chi connectivity index (χ0n) is 10.0. The molecule has 18 heavy (non-hydrogen) atoms. The monoisotopic (exact) mass is 269 g/mol. The summed E-state index contributed by atoms with van der Waals surface area (Å²) in [6.45, 7) is 2.27. The van der Waals surface area contributed by atoms with E-state index in [0.29, 0.717) is 5.01 Å². The largest absolute Gasteiger partial charge is 0.476 e. The van der Waals surface area contributed by atoms with Crippen molar-refractivity contribution >= 4 is 23.3 Å². The number of carbonyl (C=O) groups is 2. The molecular formula is C11H15N3O3S. The molecule has 2 rings (SSSR count). The van der Waals surface area contributed by atoms with Gasteiger partial charge in [-0.25, -0.2) is 14.6 Å². The third kappa shape index (κ3) is 2.98. The van der Waals surface area contributed by atoms with Gasteiger partial charge in [0.1, 0.15) is 5.01 Å². The van der Waals surface area contributed by atoms with Crippen LogP contribution in [-0.4, -0.2) is 27.6 Å². The Morgan fingerprint density at radius 1 is 1.56 bits per heavy atom. The van der Waals surface area contributed by atoms with Gasteiger partial charge in [-0.1, -0.05) is 0 Å². The summed E-state index contributed by atoms with van der Waals surface area (Å²) >= 11 is 1.22. The third-order valence-electron chi connectivity index (χ3n) is 3.04. The van der Waals surface area contributed by atoms with Gasteiger partial charge in [0.15, 0.2) is 5.69 Å². The number of nitrogens with one attached hydrogen (secondary N) is 2. The normalized spacial score (nSPS) is 16.7. The van der Waals surface area contributed by atoms with Crippen molar-refractivity contribution in [2.75, 3.05) is 0 Å². The van der Waals surface area contributed by atoms with Crippen LogP contribution < -0.4 is 10.6 Å². The average Bonchev–Trinajstić information content (AvgIpc) is 2.73. The van der Waals surface area contributed by atoms with Crippen molar-refractivity contribution in [1.82, 2.24) is 15.6 Å². The van der Waals surface area contributed by atoms with E-state index in [0.717, 1.165) is 19.3 Å². The summed E-state index contributed by atoms with van der Waals surface area (Å²) in [6.07, 6.45) is 3.15. The van der Waals surface area contributed by atoms with Crippen molar-refractivity contribution < 1.29 is 14.7 Å². The molecule has 0 saturated heterocycles. The van der Waals surface area contributed by atoms with E-state index in [2.05, 4.69) is 15.6 Å². The van der Waals surface area contributed by atoms with E-state index in [-0.39, 0.29) is 23.8 Å². The Morgan fingerprint density at radius 3 is 2.78 bits per heavy atom. The fourth-order valence-electron chi connectivity index (χ4n) is 1.80. The standard InChI is InChI=1S/C11H15N3O3S/c1-11(3-2-4-11)14-10(17)12-5-8-13-7(6-18-8)9(15)16/h6H,2-5H2,1H3,(H,15,16)(H2,12,14,17). The second-order valence-electron chi connectivity index (χ2n) is 4.65. The summed E-state index contributed by atoms with van der Waals surface area (Å²) in [5.74, 6) is -1.05. The van der Waals surface area contributed by atoms with Crippen molar-refractivity contribution in [2.45, 2.75) is 38.3 Å². The van der Waals surface area contributed by atoms with Crippen LogP contribution in [0.15, 0.2) is 5.38 Å². The number of aromatic nitrogens is 1. The number of thiazole rings is 1. The molecule has 1 aromatic rings. The highest BCUT2D eigenvalue weighted by molar-refractivity contribution is 7.09. The number of carboxylic acid groups (broad SMARTS) is 1. The Morgan fingerprint density at radius 2 is 2.28 bits per heavy atom. The SMILES string of the molecule is CC1(NC(=O)NCc2nc(C(=O)O)cs2)CCC1. The number of hydrogen-bond donors (Lipinski definition) is 3. The van der Waals surface area contributed by atoms with Crippen LogP contribution >= 0.6 is 11.3 Å². The van der Waals surface area contributed by atoms with E-state index < -0.39 is 5.97 Å². The fourth-order valence-corrected chi connectivity index (χ4v) is 2.50. The molecule has 0 aliphatic heterocycles. The quantitative estimate of drug-likeness (QED) is 0.774. The number of carboxylic acids is 1. The Bertz CT molecular complexity index is 468. The summed E-state index contributed by atoms with van der Waals surface area (Å²) in [7, 11) is 0. The van der Waals surface area contributed by atoms with Crippen LogP contribution in [0.1, 0.15) is 41.7 Å². The molecule has 0 atom stereocenters. The van der Waals surface area contributed by atoms with E-state index in [9.17, 15) is 9.59 Å². The van der Waals surface area contributed by atoms with Crippen molar-refractivity contribution in [3.05, 3.63) is 16.1 Å². The molecule has 6 nitrogen and oxygen atoms in total. The first-order valence-corrected chi connectivity index (χ1v) is 6.60. The van der Waals surface area contributed by atoms with Crippen LogP contribution in [0.4, 0.5) is 4.79 Å². The molecule has 0 aromatic carbocycles. The fraction of sp³-hybridized carbons (Fsp3) is 0.545. The lowest BCUT2D eigenvalue weighted by atomic mass is 9.79. The minimum absolute atomic E-state index is 0.0168. The van der Waals surface area contributed by atoms with E-state index in [1.165, 1.54) is 16.7 Å². The van der Waals surface area contributed by atoms with Gasteiger partial charge in [0, 0.05) is 10.9 Å². The van der Waals surface area contributed by atoms with Crippen LogP contribution in [0.3, 0.4) is 0 Å². The second-order valence-corrected chi connectivity index (χ2v) is 5.60. The lowest BCUT2D eigenvalue weighted by Gasteiger charge is -2.38. The van der Waals surface area contributed by atoms with Crippen molar-refractivity contribution in [1.29, 1.82) is 0 Å². The van der Waals surface area contributed by atoms with Gasteiger partial charge in [-0.2, -0.15) is 0 Å². The first-order chi connectivity index (χ1) is 8.48. The van der Waals surface area contributed by atoms with Crippen LogP contribution in [0.2, 0.25) is 0 Å². The summed E-state index contributed by atoms with van der Waals surface area (Å²) in [4.78, 5) is 26.1. The van der Waals surface area contributed by atoms with E-state index in [1.807, 2.05) is 6.92 Å². The second kappa shape index (κ2) is 4.93. The first-order valence-electron chi connectivity index (χ1n) is 5.72. The number of urea groups is 1. The maximum Gasteiger partial charge on any atom is 0.355 e. The molecule has 1 heterocycles. The molecule has 0 spiro atoms. The molecule has 1 aliphatic carbocycles. The topological polar surface area (TPSA) is 91.3 Å². The summed E-state index contributed by atoms with van der Waals surface area (Å²) < 4.78 is 0. The number of carbonyl (C=O) groups excluding carboxylic acids is 1. The van der Waals surface area contributed by atoms with E-state index >= 15 is 0 Å². The maximum absolute atomic E-state index is 11.6. The number of aromatic carboxylic acids is 1. The lowest BCUT2D eigenvalue weighted by molar-refractivity contribution is 0.0691. The minimum atomic E-state index is -1.05. The molecule has 1 fully saturated rings. The van der Waals surface area contributed by atoms with Crippen molar-refractivity contribution in [3.63, 3.8) is 0 Å². The number of hydrogen-bond acceptors (Lipinski definition) is 4. The Balaban J connectivity index is 1.79. The van der Waals surface area contributed by atoms with Crippen LogP contribution in [0.25, 0.3) is 0 Å². The summed E-state index contributed by atoms with van der Waals surface area (Å²) in [5, 5.41) is 16.3. The van der Waals surface area contributed by atoms with Crippen LogP contribution in [-0.2, 0) is 6.54 Å². The molecule has 0 unspecified atom stereocenters. The minimum Gasteiger partial charge on any atom is -0.476 e. The van der Waals surface area contributed by atoms with Crippen LogP contribution in [0, 0.1) is 0 Å². The Hall–Kier alpha value is -1.63. The van der Waals surface area contributed by atoms with Gasteiger partial charge in [-0.3, -0.25) is 0 Å². The van der Waals surface area contributed by atoms with Gasteiger partial charge in [-0.05, 0) is 26.2 Å². The zero-order valence-corrected chi connectivity index (χ0v) is 10.8. The van der Waals surface area contributed by atoms with Gasteiger partial charge in [0.25, 0.3) is 0 Å². The summed E-state index contributed by atoms with van der Waals surface area (Å²) in [5.41, 5.74) is -0.0673. The molecule has 1 aromatic heterocycles. The number of amides is 2. The molecule has 2 amide bonds. The highest BCUT2D eigenvalue weighted by Crippen LogP contribution is 2.30. The maximum atomic E-state index is 11.6. The first kappa shape index (κ1) is 12.8. The Kier molecular flexibility index (Phi) is 3.51. The van der Waals surface area contributed by atoms with Crippen LogP contribution in [0.5, 0.6) is 0 Å². The van der Waals surface area contributed by atoms with E-state index in [1.54, 1.807) is 0 Å². The number of nitrogens with zero attached hydrogens (tertiary/aromatic N) is 1. The number of rotatable bonds is 4. The van der Waals surface area contributed by atoms with Gasteiger partial charge < -0.3 is 15.7 Å². The van der Waals surface area contributed by atoms with Gasteiger partial charge >= 0.3 is 12.0 Å². The molecule has 0 radical (unpaired) electrons. The van der Waals surface area contributed by atoms with Gasteiger partial charge in [0.05, 0.1) is 6.54 Å². The van der Waals surface area contributed by atoms with Gasteiger partial charge in [0.2, 0.25) is 0 Å². The smallest absolute Gasteiger partial charge is 0.355 e. The van der Waals surface area contributed by atoms with Crippen molar-refractivity contribution in [3.8, 4) is 0 Å². The molecular weight excluding hydrogens is 254 g/mol. The van der Waals surface area contributed by atoms with E-state index in [4.69, 9.17) is 5.11 Å². The zero-order chi connectivity index (χ0) is 13.2. The molecule has 1 aliphatic rings. The molecule has 98 valence electrons. The lowest BCUT2D eigenvalue weighted by Crippen LogP contribution is -2.54. The highest BCUT2D eigenvalue weighted by Gasteiger charge is 2.33.